The van der Waals surface area contributed by atoms with Gasteiger partial charge in [-0.3, -0.25) is 19.4 Å². The molecule has 3 saturated heterocycles. The summed E-state index contributed by atoms with van der Waals surface area (Å²) in [6.07, 6.45) is -6.32. The van der Waals surface area contributed by atoms with E-state index >= 15 is 0 Å². The molecular formula is C41H53ClF3N7O9. The molecule has 4 amide bonds. The topological polar surface area (TPSA) is 177 Å². The first-order valence-electron chi connectivity index (χ1n) is 20.6. The average Bonchev–Trinajstić information content (AvgIpc) is 3.39. The van der Waals surface area contributed by atoms with E-state index in [9.17, 15) is 37.1 Å². The average molecular weight is 880 g/mol. The number of alkyl halides is 3. The van der Waals surface area contributed by atoms with E-state index in [-0.39, 0.29) is 61.4 Å². The summed E-state index contributed by atoms with van der Waals surface area (Å²) in [6.45, 7) is 7.05. The van der Waals surface area contributed by atoms with E-state index in [1.165, 1.54) is 17.9 Å². The van der Waals surface area contributed by atoms with E-state index in [1.807, 2.05) is 29.2 Å². The van der Waals surface area contributed by atoms with Gasteiger partial charge in [-0.25, -0.2) is 14.4 Å². The molecule has 4 heterocycles. The number of nitrogens with zero attached hydrogens (tertiary/aromatic N) is 5. The summed E-state index contributed by atoms with van der Waals surface area (Å²) in [5, 5.41) is 2.64. The molecule has 2 aromatic carbocycles. The van der Waals surface area contributed by atoms with Crippen molar-refractivity contribution in [1.29, 1.82) is 0 Å². The number of carbonyl (C=O) groups excluding carboxylic acids is 5. The van der Waals surface area contributed by atoms with Gasteiger partial charge < -0.3 is 44.7 Å². The smallest absolute Gasteiger partial charge is 0.436 e. The molecule has 6 rings (SSSR count). The minimum atomic E-state index is -4.81. The second-order valence-corrected chi connectivity index (χ2v) is 16.0. The zero-order valence-electron chi connectivity index (χ0n) is 34.3. The molecule has 0 bridgehead atoms. The maximum Gasteiger partial charge on any atom is 0.511 e. The molecule has 334 valence electrons. The van der Waals surface area contributed by atoms with Crippen LogP contribution in [0.2, 0.25) is 5.02 Å². The Labute approximate surface area is 357 Å². The fourth-order valence-corrected chi connectivity index (χ4v) is 8.63. The Bertz CT molecular complexity index is 1900. The van der Waals surface area contributed by atoms with E-state index in [4.69, 9.17) is 36.3 Å². The minimum absolute atomic E-state index is 0.0260. The second kappa shape index (κ2) is 20.2. The summed E-state index contributed by atoms with van der Waals surface area (Å²) < 4.78 is 62.4. The van der Waals surface area contributed by atoms with Crippen molar-refractivity contribution in [3.8, 4) is 0 Å². The molecule has 20 heteroatoms. The third-order valence-corrected chi connectivity index (χ3v) is 11.9. The highest BCUT2D eigenvalue weighted by Crippen LogP contribution is 2.38. The Kier molecular flexibility index (Phi) is 15.1. The number of likely N-dealkylation sites (tertiary alicyclic amines) is 2. The molecule has 3 N–H and O–H groups in total. The summed E-state index contributed by atoms with van der Waals surface area (Å²) >= 11 is 6.14. The van der Waals surface area contributed by atoms with Crippen LogP contribution in [-0.2, 0) is 47.6 Å². The molecule has 61 heavy (non-hydrogen) atoms. The summed E-state index contributed by atoms with van der Waals surface area (Å²) in [5.41, 5.74) is 5.73. The molecule has 4 aliphatic rings. The molecule has 2 aromatic rings. The molecule has 0 spiro atoms. The number of piperazine rings is 1. The fraction of sp³-hybridized carbons (Fsp3) is 0.585. The predicted molar refractivity (Wildman–Crippen MR) is 217 cm³/mol. The van der Waals surface area contributed by atoms with Crippen molar-refractivity contribution in [3.05, 3.63) is 58.1 Å². The standard InChI is InChI=1S/C41H53ClF3N7O9/c1-3-58-40(57)60-26(2)59-35(53)25-48-13-9-29(10-14-48)49-18-20-50(21-19-49)37(54)34(24-27-22-31(41(43,44)45)36(46)32(42)23-27)61-39(56)51-15-11-30(12-16-51)52-17-8-28-6-4-5-7-33(28)47-38(52)55/h4-7,22-23,26,29-30,34H,3,8-21,24-25,46H2,1-2H3,(H,47,55)/t26?,34-/m1/s1. The van der Waals surface area contributed by atoms with Gasteiger partial charge in [0.15, 0.2) is 6.10 Å². The number of benzene rings is 2. The molecule has 4 aliphatic heterocycles. The SMILES string of the molecule is CCOC(=O)OC(C)OC(=O)CN1CCC(N2CCN(C(=O)[C@@H](Cc3cc(Cl)c(N)c(C(F)(F)F)c3)OC(=O)N3CCC(N4CCc5ccccc5NC4=O)CC3)CC2)CC1. The van der Waals surface area contributed by atoms with Crippen molar-refractivity contribution in [1.82, 2.24) is 24.5 Å². The van der Waals surface area contributed by atoms with Crippen LogP contribution in [0, 0.1) is 0 Å². The number of anilines is 2. The summed E-state index contributed by atoms with van der Waals surface area (Å²) in [4.78, 5) is 73.9. The Hall–Kier alpha value is -5.01. The maximum atomic E-state index is 14.2. The van der Waals surface area contributed by atoms with Gasteiger partial charge >= 0.3 is 30.4 Å². The molecule has 1 unspecified atom stereocenters. The highest BCUT2D eigenvalue weighted by atomic mass is 35.5. The van der Waals surface area contributed by atoms with Crippen molar-refractivity contribution >= 4 is 53.1 Å². The Morgan fingerprint density at radius 3 is 2.23 bits per heavy atom. The number of nitrogen functional groups attached to an aromatic ring is 1. The van der Waals surface area contributed by atoms with Gasteiger partial charge in [-0.15, -0.1) is 0 Å². The van der Waals surface area contributed by atoms with E-state index < -0.39 is 53.9 Å². The molecule has 0 aromatic heterocycles. The number of halogens is 4. The summed E-state index contributed by atoms with van der Waals surface area (Å²) in [5.74, 6) is -1.08. The first kappa shape index (κ1) is 45.5. The molecule has 3 fully saturated rings. The van der Waals surface area contributed by atoms with Gasteiger partial charge in [-0.1, -0.05) is 29.8 Å². The molecule has 0 aliphatic carbocycles. The first-order chi connectivity index (χ1) is 29.1. The number of ether oxygens (including phenoxy) is 4. The Morgan fingerprint density at radius 1 is 0.885 bits per heavy atom. The van der Waals surface area contributed by atoms with Crippen LogP contribution >= 0.6 is 11.6 Å². The molecule has 0 radical (unpaired) electrons. The number of hydrogen-bond donors (Lipinski definition) is 2. The van der Waals surface area contributed by atoms with Gasteiger partial charge in [0, 0.05) is 90.0 Å². The van der Waals surface area contributed by atoms with Crippen LogP contribution in [-0.4, -0.2) is 151 Å². The number of nitrogens with two attached hydrogens (primary N) is 1. The number of carbonyl (C=O) groups is 5. The zero-order chi connectivity index (χ0) is 43.8. The largest absolute Gasteiger partial charge is 0.511 e. The molecule has 16 nitrogen and oxygen atoms in total. The number of rotatable bonds is 11. The van der Waals surface area contributed by atoms with E-state index in [0.29, 0.717) is 65.1 Å². The van der Waals surface area contributed by atoms with Crippen LogP contribution in [0.15, 0.2) is 36.4 Å². The normalized spacial score (nSPS) is 19.6. The number of hydrogen-bond acceptors (Lipinski definition) is 12. The summed E-state index contributed by atoms with van der Waals surface area (Å²) in [7, 11) is 0. The quantitative estimate of drug-likeness (QED) is 0.131. The lowest BCUT2D eigenvalue weighted by atomic mass is 10.0. The van der Waals surface area contributed by atoms with Crippen molar-refractivity contribution < 1.29 is 56.1 Å². The number of para-hydroxylation sites is 1. The number of fused-ring (bicyclic) bond motifs is 1. The minimum Gasteiger partial charge on any atom is -0.436 e. The van der Waals surface area contributed by atoms with E-state index in [0.717, 1.165) is 30.2 Å². The van der Waals surface area contributed by atoms with Crippen molar-refractivity contribution in [3.63, 3.8) is 0 Å². The lowest BCUT2D eigenvalue weighted by Crippen LogP contribution is -2.57. The van der Waals surface area contributed by atoms with Gasteiger partial charge in [0.2, 0.25) is 6.29 Å². The zero-order valence-corrected chi connectivity index (χ0v) is 35.0. The van der Waals surface area contributed by atoms with Gasteiger partial charge in [0.1, 0.15) is 0 Å². The van der Waals surface area contributed by atoms with Crippen molar-refractivity contribution in [2.75, 3.05) is 83.1 Å². The van der Waals surface area contributed by atoms with Crippen LogP contribution in [0.1, 0.15) is 56.2 Å². The van der Waals surface area contributed by atoms with Crippen LogP contribution in [0.25, 0.3) is 0 Å². The lowest BCUT2D eigenvalue weighted by molar-refractivity contribution is -0.169. The third-order valence-electron chi connectivity index (χ3n) is 11.6. The number of esters is 1. The van der Waals surface area contributed by atoms with Crippen molar-refractivity contribution in [2.45, 2.75) is 83.0 Å². The molecular weight excluding hydrogens is 827 g/mol. The van der Waals surface area contributed by atoms with Crippen LogP contribution < -0.4 is 11.1 Å². The number of piperidine rings is 2. The van der Waals surface area contributed by atoms with Gasteiger partial charge in [-0.05, 0) is 68.4 Å². The molecule has 2 atom stereocenters. The Balaban J connectivity index is 1.04. The van der Waals surface area contributed by atoms with E-state index in [2.05, 4.69) is 10.2 Å². The second-order valence-electron chi connectivity index (χ2n) is 15.6. The highest BCUT2D eigenvalue weighted by Gasteiger charge is 2.38. The van der Waals surface area contributed by atoms with Crippen LogP contribution in [0.4, 0.5) is 38.9 Å². The van der Waals surface area contributed by atoms with Gasteiger partial charge in [0.25, 0.3) is 5.91 Å². The van der Waals surface area contributed by atoms with Gasteiger partial charge in [0.05, 0.1) is 29.4 Å². The number of urea groups is 1. The van der Waals surface area contributed by atoms with Gasteiger partial charge in [-0.2, -0.15) is 13.2 Å². The van der Waals surface area contributed by atoms with Crippen LogP contribution in [0.3, 0.4) is 0 Å². The summed E-state index contributed by atoms with van der Waals surface area (Å²) in [6, 6.07) is 9.53. The number of nitrogens with one attached hydrogen (secondary N) is 1. The first-order valence-corrected chi connectivity index (χ1v) is 21.0. The van der Waals surface area contributed by atoms with Crippen LogP contribution in [0.5, 0.6) is 0 Å². The third kappa shape index (κ3) is 11.9. The van der Waals surface area contributed by atoms with Crippen molar-refractivity contribution in [2.24, 2.45) is 0 Å². The van der Waals surface area contributed by atoms with E-state index in [1.54, 1.807) is 16.7 Å². The highest BCUT2D eigenvalue weighted by molar-refractivity contribution is 6.33. The predicted octanol–water partition coefficient (Wildman–Crippen LogP) is 5.21. The maximum absolute atomic E-state index is 14.2. The monoisotopic (exact) mass is 879 g/mol. The number of amides is 4. The molecule has 0 saturated carbocycles. The fourth-order valence-electron chi connectivity index (χ4n) is 8.38. The lowest BCUT2D eigenvalue weighted by Gasteiger charge is -2.43. The Morgan fingerprint density at radius 2 is 1.56 bits per heavy atom.